The number of carbonyl (C=O) groups excluding carboxylic acids is 2. The molecule has 9 nitrogen and oxygen atoms in total. The van der Waals surface area contributed by atoms with Crippen LogP contribution in [0.5, 0.6) is 0 Å². The predicted octanol–water partition coefficient (Wildman–Crippen LogP) is 1.62. The zero-order chi connectivity index (χ0) is 20.1. The molecule has 2 fully saturated rings. The van der Waals surface area contributed by atoms with Gasteiger partial charge < -0.3 is 19.3 Å². The lowest BCUT2D eigenvalue weighted by atomic mass is 10.1. The van der Waals surface area contributed by atoms with Gasteiger partial charge in [-0.2, -0.15) is 0 Å². The molecule has 28 heavy (non-hydrogen) atoms. The van der Waals surface area contributed by atoms with Gasteiger partial charge in [0.2, 0.25) is 0 Å². The van der Waals surface area contributed by atoms with Crippen LogP contribution in [-0.4, -0.2) is 76.1 Å². The Kier molecular flexibility index (Phi) is 6.87. The first-order chi connectivity index (χ1) is 13.4. The van der Waals surface area contributed by atoms with Crippen molar-refractivity contribution in [3.8, 4) is 0 Å². The van der Waals surface area contributed by atoms with Crippen LogP contribution in [0.1, 0.15) is 28.8 Å². The van der Waals surface area contributed by atoms with Gasteiger partial charge in [0.05, 0.1) is 11.8 Å². The highest BCUT2D eigenvalue weighted by atomic mass is 32.2. The van der Waals surface area contributed by atoms with Gasteiger partial charge in [-0.1, -0.05) is 0 Å². The van der Waals surface area contributed by atoms with E-state index in [0.717, 1.165) is 19.4 Å². The third-order valence-corrected chi connectivity index (χ3v) is 5.31. The fraction of sp³-hybridized carbons (Fsp3) is 0.556. The van der Waals surface area contributed by atoms with Gasteiger partial charge in [-0.25, -0.2) is 9.00 Å². The molecule has 2 N–H and O–H groups in total. The largest absolute Gasteiger partial charge is 0.447 e. The smallest absolute Gasteiger partial charge is 0.409 e. The first kappa shape index (κ1) is 20.6. The normalized spacial score (nSPS) is 20.7. The highest BCUT2D eigenvalue weighted by Gasteiger charge is 2.27. The average molecular weight is 411 g/mol. The minimum atomic E-state index is -2.16. The molecule has 3 rings (SSSR count). The number of piperazine rings is 1. The third-order valence-electron chi connectivity index (χ3n) is 4.91. The number of ether oxygens (including phenoxy) is 2. The molecule has 0 saturated carbocycles. The van der Waals surface area contributed by atoms with Crippen molar-refractivity contribution in [2.45, 2.75) is 25.9 Å². The van der Waals surface area contributed by atoms with E-state index in [4.69, 9.17) is 14.0 Å². The number of rotatable bonds is 5. The van der Waals surface area contributed by atoms with E-state index in [-0.39, 0.29) is 24.7 Å². The number of anilines is 1. The van der Waals surface area contributed by atoms with E-state index in [2.05, 4.69) is 4.72 Å². The summed E-state index contributed by atoms with van der Waals surface area (Å²) in [5.74, 6) is -0.132. The minimum absolute atomic E-state index is 0.00391. The summed E-state index contributed by atoms with van der Waals surface area (Å²) in [6.07, 6.45) is 1.54. The van der Waals surface area contributed by atoms with Crippen LogP contribution >= 0.6 is 0 Å². The molecule has 0 radical (unpaired) electrons. The van der Waals surface area contributed by atoms with Crippen LogP contribution in [-0.2, 0) is 20.7 Å². The van der Waals surface area contributed by atoms with Crippen LogP contribution in [0.15, 0.2) is 18.2 Å². The quantitative estimate of drug-likeness (QED) is 0.713. The first-order valence-electron chi connectivity index (χ1n) is 9.25. The second-order valence-corrected chi connectivity index (χ2v) is 7.57. The lowest BCUT2D eigenvalue weighted by Gasteiger charge is -2.34. The zero-order valence-electron chi connectivity index (χ0n) is 15.8. The van der Waals surface area contributed by atoms with Crippen molar-refractivity contribution in [3.63, 3.8) is 0 Å². The molecule has 10 heteroatoms. The van der Waals surface area contributed by atoms with Crippen LogP contribution in [0.3, 0.4) is 0 Å². The summed E-state index contributed by atoms with van der Waals surface area (Å²) in [6, 6.07) is 4.90. The molecule has 1 aromatic carbocycles. The van der Waals surface area contributed by atoms with Crippen LogP contribution in [0.25, 0.3) is 0 Å². The maximum absolute atomic E-state index is 12.7. The molecule has 1 aromatic rings. The molecule has 0 spiro atoms. The average Bonchev–Trinajstić information content (AvgIpc) is 3.20. The van der Waals surface area contributed by atoms with Crippen molar-refractivity contribution in [3.05, 3.63) is 29.3 Å². The van der Waals surface area contributed by atoms with E-state index >= 15 is 0 Å². The predicted molar refractivity (Wildman–Crippen MR) is 103 cm³/mol. The van der Waals surface area contributed by atoms with Crippen LogP contribution in [0.2, 0.25) is 0 Å². The van der Waals surface area contributed by atoms with Crippen molar-refractivity contribution >= 4 is 29.0 Å². The van der Waals surface area contributed by atoms with Crippen molar-refractivity contribution in [2.24, 2.45) is 0 Å². The fourth-order valence-corrected chi connectivity index (χ4v) is 3.73. The Morgan fingerprint density at radius 3 is 2.61 bits per heavy atom. The summed E-state index contributed by atoms with van der Waals surface area (Å²) in [6.45, 7) is 4.43. The molecular weight excluding hydrogens is 386 g/mol. The second kappa shape index (κ2) is 9.35. The van der Waals surface area contributed by atoms with Crippen LogP contribution in [0, 0.1) is 6.92 Å². The summed E-state index contributed by atoms with van der Waals surface area (Å²) < 4.78 is 32.9. The Hall–Kier alpha value is -2.17. The minimum Gasteiger partial charge on any atom is -0.447 e. The van der Waals surface area contributed by atoms with Gasteiger partial charge in [0.1, 0.15) is 6.61 Å². The molecule has 2 unspecified atom stereocenters. The number of amides is 2. The molecule has 0 aromatic heterocycles. The Bertz CT molecular complexity index is 745. The monoisotopic (exact) mass is 411 g/mol. The lowest BCUT2D eigenvalue weighted by molar-refractivity contribution is 0.0225. The third kappa shape index (κ3) is 5.21. The number of hydrogen-bond acceptors (Lipinski definition) is 5. The Balaban J connectivity index is 1.49. The summed E-state index contributed by atoms with van der Waals surface area (Å²) in [4.78, 5) is 28.2. The molecule has 2 saturated heterocycles. The summed E-state index contributed by atoms with van der Waals surface area (Å²) in [5.41, 5.74) is 1.70. The van der Waals surface area contributed by atoms with Crippen molar-refractivity contribution in [1.29, 1.82) is 0 Å². The zero-order valence-corrected chi connectivity index (χ0v) is 16.6. The van der Waals surface area contributed by atoms with Crippen molar-refractivity contribution < 1.29 is 27.8 Å². The van der Waals surface area contributed by atoms with E-state index in [0.29, 0.717) is 43.0 Å². The molecule has 2 atom stereocenters. The Morgan fingerprint density at radius 2 is 2.00 bits per heavy atom. The molecular formula is C18H25N3O6S. The van der Waals surface area contributed by atoms with E-state index in [9.17, 15) is 13.8 Å². The molecule has 0 bridgehead atoms. The van der Waals surface area contributed by atoms with Gasteiger partial charge in [-0.15, -0.1) is 0 Å². The van der Waals surface area contributed by atoms with E-state index in [1.807, 2.05) is 0 Å². The SMILES string of the molecule is Cc1cc(C(=O)N2CCN(C(=O)OCC3CCCO3)CC2)ccc1NS(=O)O. The summed E-state index contributed by atoms with van der Waals surface area (Å²) in [7, 11) is 0. The second-order valence-electron chi connectivity index (χ2n) is 6.87. The molecule has 0 aliphatic carbocycles. The van der Waals surface area contributed by atoms with Gasteiger partial charge in [0, 0.05) is 38.3 Å². The van der Waals surface area contributed by atoms with Gasteiger partial charge in [0.15, 0.2) is 0 Å². The van der Waals surface area contributed by atoms with Gasteiger partial charge in [-0.05, 0) is 43.5 Å². The van der Waals surface area contributed by atoms with Crippen molar-refractivity contribution in [2.75, 3.05) is 44.1 Å². The standard InChI is InChI=1S/C18H25N3O6S/c1-13-11-14(4-5-16(13)19-28(24)25)17(22)20-6-8-21(9-7-20)18(23)27-12-15-3-2-10-26-15/h4-5,11,15,19H,2-3,6-10,12H2,1H3,(H,24,25). The number of aryl methyl sites for hydroxylation is 1. The van der Waals surface area contributed by atoms with Crippen LogP contribution < -0.4 is 4.72 Å². The highest BCUT2D eigenvalue weighted by Crippen LogP contribution is 2.19. The molecule has 2 amide bonds. The maximum atomic E-state index is 12.7. The van der Waals surface area contributed by atoms with Gasteiger partial charge in [-0.3, -0.25) is 14.1 Å². The molecule has 154 valence electrons. The number of benzene rings is 1. The Morgan fingerprint density at radius 1 is 1.29 bits per heavy atom. The van der Waals surface area contributed by atoms with E-state index < -0.39 is 11.3 Å². The number of carbonyl (C=O) groups is 2. The van der Waals surface area contributed by atoms with Gasteiger partial charge in [0.25, 0.3) is 17.2 Å². The van der Waals surface area contributed by atoms with Crippen LogP contribution in [0.4, 0.5) is 10.5 Å². The summed E-state index contributed by atoms with van der Waals surface area (Å²) in [5, 5.41) is 0. The topological polar surface area (TPSA) is 108 Å². The summed E-state index contributed by atoms with van der Waals surface area (Å²) >= 11 is -2.16. The number of nitrogens with zero attached hydrogens (tertiary/aromatic N) is 2. The Labute approximate surface area is 166 Å². The van der Waals surface area contributed by atoms with Gasteiger partial charge >= 0.3 is 6.09 Å². The number of nitrogens with one attached hydrogen (secondary N) is 1. The molecule has 2 heterocycles. The first-order valence-corrected chi connectivity index (χ1v) is 10.4. The number of hydrogen-bond donors (Lipinski definition) is 2. The fourth-order valence-electron chi connectivity index (χ4n) is 3.31. The lowest BCUT2D eigenvalue weighted by Crippen LogP contribution is -2.51. The van der Waals surface area contributed by atoms with E-state index in [1.54, 1.807) is 34.9 Å². The molecule has 2 aliphatic heterocycles. The molecule has 2 aliphatic rings. The van der Waals surface area contributed by atoms with Crippen molar-refractivity contribution in [1.82, 2.24) is 9.80 Å². The maximum Gasteiger partial charge on any atom is 0.409 e. The highest BCUT2D eigenvalue weighted by molar-refractivity contribution is 7.80. The van der Waals surface area contributed by atoms with E-state index in [1.165, 1.54) is 0 Å².